The van der Waals surface area contributed by atoms with Gasteiger partial charge in [-0.15, -0.1) is 0 Å². The van der Waals surface area contributed by atoms with Crippen LogP contribution in [0.15, 0.2) is 42.2 Å². The van der Waals surface area contributed by atoms with Gasteiger partial charge in [0, 0.05) is 19.5 Å². The number of halogens is 3. The number of esters is 2. The van der Waals surface area contributed by atoms with Crippen molar-refractivity contribution in [3.8, 4) is 0 Å². The normalized spacial score (nSPS) is 24.4. The number of hydrogen-bond donors (Lipinski definition) is 0. The maximum Gasteiger partial charge on any atom is 0.534 e. The largest absolute Gasteiger partial charge is 0.534 e. The maximum absolute atomic E-state index is 12.9. The molecule has 0 N–H and O–H groups in total. The van der Waals surface area contributed by atoms with Crippen molar-refractivity contribution >= 4 is 22.1 Å². The lowest BCUT2D eigenvalue weighted by molar-refractivity contribution is -0.157. The lowest BCUT2D eigenvalue weighted by atomic mass is 9.80. The molecule has 1 heterocycles. The lowest BCUT2D eigenvalue weighted by Gasteiger charge is -2.36. The van der Waals surface area contributed by atoms with Crippen LogP contribution in [0.2, 0.25) is 0 Å². The Kier molecular flexibility index (Phi) is 8.18. The highest BCUT2D eigenvalue weighted by molar-refractivity contribution is 7.87. The summed E-state index contributed by atoms with van der Waals surface area (Å²) in [7, 11) is -3.66. The Bertz CT molecular complexity index is 995. The van der Waals surface area contributed by atoms with E-state index in [0.29, 0.717) is 0 Å². The number of allylic oxidation sites excluding steroid dienone is 1. The number of hydrogen-bond acceptors (Lipinski definition) is 8. The summed E-state index contributed by atoms with van der Waals surface area (Å²) in [5.74, 6) is -4.23. The third-order valence-corrected chi connectivity index (χ3v) is 6.61. The molecule has 1 fully saturated rings. The third-order valence-electron chi connectivity index (χ3n) is 5.61. The monoisotopic (exact) mass is 493 g/mol. The number of ether oxygens (including phenoxy) is 2. The van der Waals surface area contributed by atoms with Gasteiger partial charge in [-0.3, -0.25) is 14.5 Å². The molecule has 1 unspecified atom stereocenters. The van der Waals surface area contributed by atoms with Gasteiger partial charge in [-0.1, -0.05) is 37.3 Å². The van der Waals surface area contributed by atoms with Gasteiger partial charge in [0.1, 0.15) is 5.76 Å². The first-order chi connectivity index (χ1) is 15.3. The molecule has 0 aliphatic carbocycles. The van der Waals surface area contributed by atoms with Crippen molar-refractivity contribution in [2.24, 2.45) is 11.8 Å². The molecule has 2 rings (SSSR count). The summed E-state index contributed by atoms with van der Waals surface area (Å²) in [5.41, 5.74) is -6.26. The van der Waals surface area contributed by atoms with Crippen molar-refractivity contribution in [2.75, 3.05) is 20.8 Å². The zero-order valence-electron chi connectivity index (χ0n) is 18.6. The number of benzene rings is 1. The minimum absolute atomic E-state index is 0.0113. The second kappa shape index (κ2) is 10.1. The molecule has 8 nitrogen and oxygen atoms in total. The Balaban J connectivity index is 2.62. The minimum atomic E-state index is -5.93. The van der Waals surface area contributed by atoms with Gasteiger partial charge < -0.3 is 13.7 Å². The van der Waals surface area contributed by atoms with E-state index in [1.807, 2.05) is 0 Å². The fraction of sp³-hybridized carbons (Fsp3) is 0.524. The van der Waals surface area contributed by atoms with Crippen molar-refractivity contribution in [2.45, 2.75) is 37.9 Å². The molecule has 0 bridgehead atoms. The molecule has 0 saturated carbocycles. The van der Waals surface area contributed by atoms with E-state index in [4.69, 9.17) is 9.47 Å². The molecule has 1 aromatic rings. The molecule has 0 aromatic heterocycles. The van der Waals surface area contributed by atoms with Crippen LogP contribution in [0, 0.1) is 11.8 Å². The predicted molar refractivity (Wildman–Crippen MR) is 111 cm³/mol. The Morgan fingerprint density at radius 1 is 1.15 bits per heavy atom. The molecule has 1 aromatic carbocycles. The zero-order valence-corrected chi connectivity index (χ0v) is 19.4. The first-order valence-corrected chi connectivity index (χ1v) is 11.4. The molecule has 184 valence electrons. The molecule has 12 heteroatoms. The molecular weight excluding hydrogens is 467 g/mol. The summed E-state index contributed by atoms with van der Waals surface area (Å²) < 4.78 is 76.0. The summed E-state index contributed by atoms with van der Waals surface area (Å²) in [6.45, 7) is 3.14. The second-order valence-electron chi connectivity index (χ2n) is 7.67. The number of methoxy groups -OCH3 is 2. The highest BCUT2D eigenvalue weighted by Gasteiger charge is 2.57. The number of alkyl halides is 3. The topological polar surface area (TPSA) is 99.2 Å². The van der Waals surface area contributed by atoms with E-state index in [1.165, 1.54) is 13.8 Å². The quantitative estimate of drug-likeness (QED) is 0.236. The average molecular weight is 494 g/mol. The van der Waals surface area contributed by atoms with E-state index in [-0.39, 0.29) is 19.5 Å². The van der Waals surface area contributed by atoms with Crippen LogP contribution in [0.25, 0.3) is 0 Å². The Labute approximate surface area is 190 Å². The average Bonchev–Trinajstić information content (AvgIpc) is 3.03. The van der Waals surface area contributed by atoms with Gasteiger partial charge in [0.05, 0.1) is 31.6 Å². The van der Waals surface area contributed by atoms with Crippen LogP contribution in [0.5, 0.6) is 0 Å². The first-order valence-electron chi connectivity index (χ1n) is 9.97. The highest BCUT2D eigenvalue weighted by Crippen LogP contribution is 2.43. The van der Waals surface area contributed by atoms with E-state index >= 15 is 0 Å². The van der Waals surface area contributed by atoms with Crippen molar-refractivity contribution in [3.05, 3.63) is 47.7 Å². The molecular formula is C21H26F3NO7S. The van der Waals surface area contributed by atoms with Crippen LogP contribution in [0.3, 0.4) is 0 Å². The number of carbonyl (C=O) groups is 2. The number of likely N-dealkylation sites (tertiary alicyclic amines) is 1. The fourth-order valence-corrected chi connectivity index (χ4v) is 4.50. The summed E-state index contributed by atoms with van der Waals surface area (Å²) >= 11 is 0. The molecule has 1 saturated heterocycles. The van der Waals surface area contributed by atoms with E-state index < -0.39 is 50.7 Å². The number of rotatable bonds is 8. The Hall–Kier alpha value is -2.60. The molecule has 0 spiro atoms. The van der Waals surface area contributed by atoms with Crippen molar-refractivity contribution in [3.63, 3.8) is 0 Å². The van der Waals surface area contributed by atoms with E-state index in [1.54, 1.807) is 35.2 Å². The van der Waals surface area contributed by atoms with Crippen LogP contribution < -0.4 is 0 Å². The van der Waals surface area contributed by atoms with Crippen LogP contribution in [-0.2, 0) is 39.9 Å². The summed E-state index contributed by atoms with van der Waals surface area (Å²) in [5, 5.41) is 0. The Morgan fingerprint density at radius 2 is 1.73 bits per heavy atom. The number of nitrogens with zero attached hydrogens (tertiary/aromatic N) is 1. The molecule has 1 aliphatic heterocycles. The molecule has 3 atom stereocenters. The fourth-order valence-electron chi connectivity index (χ4n) is 3.95. The number of carbonyl (C=O) groups excluding carboxylic acids is 2. The smallest absolute Gasteiger partial charge is 0.469 e. The van der Waals surface area contributed by atoms with Crippen LogP contribution in [0.4, 0.5) is 13.2 Å². The van der Waals surface area contributed by atoms with Crippen molar-refractivity contribution < 1.29 is 44.8 Å². The van der Waals surface area contributed by atoms with Crippen molar-refractivity contribution in [1.29, 1.82) is 0 Å². The molecule has 0 amide bonds. The van der Waals surface area contributed by atoms with Crippen LogP contribution in [-0.4, -0.2) is 57.1 Å². The lowest BCUT2D eigenvalue weighted by Crippen LogP contribution is -2.47. The minimum Gasteiger partial charge on any atom is -0.469 e. The van der Waals surface area contributed by atoms with Gasteiger partial charge >= 0.3 is 27.6 Å². The van der Waals surface area contributed by atoms with E-state index in [0.717, 1.165) is 25.9 Å². The first kappa shape index (κ1) is 26.7. The molecule has 1 aliphatic rings. The standard InChI is InChI=1S/C21H26F3NO7S/c1-5-15(32-33(28,29)21(22,23)24)11-20(2)17(19(27)31-4)16(18(26)30-3)13-25(20)12-14-9-7-6-8-10-14/h6-11,16-17H,5,12-13H2,1-4H3/b15-11-/t16-,17+,20?/m1/s1. The van der Waals surface area contributed by atoms with E-state index in [9.17, 15) is 31.2 Å². The predicted octanol–water partition coefficient (Wildman–Crippen LogP) is 3.00. The zero-order chi connectivity index (χ0) is 25.0. The van der Waals surface area contributed by atoms with Gasteiger partial charge in [0.15, 0.2) is 0 Å². The summed E-state index contributed by atoms with van der Waals surface area (Å²) in [4.78, 5) is 26.9. The van der Waals surface area contributed by atoms with Gasteiger partial charge in [-0.25, -0.2) is 0 Å². The molecule has 0 radical (unpaired) electrons. The van der Waals surface area contributed by atoms with Gasteiger partial charge in [0.25, 0.3) is 0 Å². The summed E-state index contributed by atoms with van der Waals surface area (Å²) in [6, 6.07) is 8.96. The second-order valence-corrected chi connectivity index (χ2v) is 9.21. The van der Waals surface area contributed by atoms with Gasteiger partial charge in [-0.05, 0) is 18.6 Å². The van der Waals surface area contributed by atoms with Crippen LogP contribution >= 0.6 is 0 Å². The highest BCUT2D eigenvalue weighted by atomic mass is 32.2. The summed E-state index contributed by atoms with van der Waals surface area (Å²) in [6.07, 6.45) is 0.921. The molecule has 33 heavy (non-hydrogen) atoms. The maximum atomic E-state index is 12.9. The third kappa shape index (κ3) is 5.67. The van der Waals surface area contributed by atoms with Gasteiger partial charge in [-0.2, -0.15) is 21.6 Å². The van der Waals surface area contributed by atoms with Crippen LogP contribution in [0.1, 0.15) is 25.8 Å². The SMILES string of the molecule is CC/C(=C/C1(C)[C@H](C(=O)OC)[C@H](C(=O)OC)CN1Cc1ccccc1)OS(=O)(=O)C(F)(F)F. The Morgan fingerprint density at radius 3 is 2.21 bits per heavy atom. The van der Waals surface area contributed by atoms with Gasteiger partial charge in [0.2, 0.25) is 0 Å². The van der Waals surface area contributed by atoms with Crippen molar-refractivity contribution in [1.82, 2.24) is 4.90 Å². The van der Waals surface area contributed by atoms with E-state index in [2.05, 4.69) is 4.18 Å².